The van der Waals surface area contributed by atoms with Crippen molar-refractivity contribution in [3.63, 3.8) is 0 Å². The molecule has 12 heteroatoms. The van der Waals surface area contributed by atoms with Crippen molar-refractivity contribution < 1.29 is 29.3 Å². The van der Waals surface area contributed by atoms with Crippen molar-refractivity contribution in [2.45, 2.75) is 89.9 Å². The van der Waals surface area contributed by atoms with E-state index in [1.165, 1.54) is 9.13 Å². The summed E-state index contributed by atoms with van der Waals surface area (Å²) < 4.78 is 13.5. The molecule has 2 saturated carbocycles. The predicted octanol–water partition coefficient (Wildman–Crippen LogP) is 3.34. The average molecular weight is 669 g/mol. The fourth-order valence-corrected chi connectivity index (χ4v) is 6.70. The highest BCUT2D eigenvalue weighted by Crippen LogP contribution is 2.32. The van der Waals surface area contributed by atoms with Crippen LogP contribution in [0.15, 0.2) is 22.0 Å². The fourth-order valence-electron chi connectivity index (χ4n) is 6.70. The Morgan fingerprint density at radius 1 is 0.816 bits per heavy atom. The van der Waals surface area contributed by atoms with E-state index in [4.69, 9.17) is 9.47 Å². The Hall–Kier alpha value is -5.04. The number of nitrogens with zero attached hydrogens (tertiary/aromatic N) is 2. The van der Waals surface area contributed by atoms with Crippen LogP contribution in [0.2, 0.25) is 0 Å². The molecule has 2 aliphatic carbocycles. The van der Waals surface area contributed by atoms with Crippen LogP contribution >= 0.6 is 0 Å². The van der Waals surface area contributed by atoms with E-state index in [0.29, 0.717) is 59.0 Å². The largest absolute Gasteiger partial charge is 0.462 e. The molecule has 0 spiro atoms. The Balaban J connectivity index is 1.48. The first-order valence-corrected chi connectivity index (χ1v) is 16.7. The molecule has 0 radical (unpaired) electrons. The van der Waals surface area contributed by atoms with Crippen LogP contribution in [-0.4, -0.2) is 65.7 Å². The van der Waals surface area contributed by atoms with Gasteiger partial charge in [0, 0.05) is 54.6 Å². The van der Waals surface area contributed by atoms with Gasteiger partial charge < -0.3 is 38.8 Å². The van der Waals surface area contributed by atoms with Crippen molar-refractivity contribution in [2.24, 2.45) is 7.05 Å². The zero-order valence-electron chi connectivity index (χ0n) is 28.2. The molecule has 256 valence electrons. The van der Waals surface area contributed by atoms with E-state index in [1.807, 2.05) is 0 Å². The maximum Gasteiger partial charge on any atom is 0.340 e. The number of aryl methyl sites for hydroxylation is 4. The number of nitrogens with one attached hydrogen (secondary N) is 2. The minimum Gasteiger partial charge on any atom is -0.462 e. The Kier molecular flexibility index (Phi) is 9.05. The van der Waals surface area contributed by atoms with Gasteiger partial charge in [-0.05, 0) is 65.7 Å². The third kappa shape index (κ3) is 6.30. The van der Waals surface area contributed by atoms with Gasteiger partial charge in [-0.1, -0.05) is 23.7 Å². The molecule has 4 aromatic rings. The zero-order chi connectivity index (χ0) is 35.1. The van der Waals surface area contributed by atoms with E-state index in [-0.39, 0.29) is 53.9 Å². The van der Waals surface area contributed by atoms with Gasteiger partial charge in [0.15, 0.2) is 0 Å². The normalized spacial score (nSPS) is 16.0. The summed E-state index contributed by atoms with van der Waals surface area (Å²) in [6, 6.07) is 0. The number of aromatic nitrogens is 4. The third-order valence-corrected chi connectivity index (χ3v) is 9.45. The quantitative estimate of drug-likeness (QED) is 0.172. The number of ether oxygens (including phenoxy) is 2. The molecule has 2 aliphatic rings. The number of rotatable bonds is 7. The van der Waals surface area contributed by atoms with Crippen molar-refractivity contribution in [1.29, 1.82) is 0 Å². The van der Waals surface area contributed by atoms with Gasteiger partial charge in [0.05, 0.1) is 35.5 Å². The molecule has 0 aromatic carbocycles. The van der Waals surface area contributed by atoms with E-state index in [0.717, 1.165) is 19.3 Å². The zero-order valence-corrected chi connectivity index (χ0v) is 28.2. The molecule has 12 nitrogen and oxygen atoms in total. The monoisotopic (exact) mass is 668 g/mol. The lowest BCUT2D eigenvalue weighted by Crippen LogP contribution is -2.34. The molecule has 6 rings (SSSR count). The summed E-state index contributed by atoms with van der Waals surface area (Å²) in [5.74, 6) is 10.7. The SMILES string of the molecule is CCOC(=O)c1c(CCn2cc(C#CC3(O)CCC3)c3c(C(=O)OCC)c(C)[nH]c3c2=O)[nH]c2c(=O)n(C)cc(C#CC3(O)CCCC3)c12. The number of H-pyrrole nitrogens is 2. The smallest absolute Gasteiger partial charge is 0.340 e. The number of pyridine rings is 2. The highest BCUT2D eigenvalue weighted by Gasteiger charge is 2.33. The van der Waals surface area contributed by atoms with Crippen LogP contribution in [0.3, 0.4) is 0 Å². The van der Waals surface area contributed by atoms with Gasteiger partial charge in [-0.15, -0.1) is 0 Å². The summed E-state index contributed by atoms with van der Waals surface area (Å²) in [7, 11) is 1.59. The molecule has 0 atom stereocenters. The Morgan fingerprint density at radius 2 is 1.35 bits per heavy atom. The fraction of sp³-hybridized carbons (Fsp3) is 0.459. The van der Waals surface area contributed by atoms with Gasteiger partial charge in [-0.3, -0.25) is 9.59 Å². The second kappa shape index (κ2) is 13.1. The van der Waals surface area contributed by atoms with Gasteiger partial charge in [0.25, 0.3) is 11.1 Å². The summed E-state index contributed by atoms with van der Waals surface area (Å²) >= 11 is 0. The van der Waals surface area contributed by atoms with Gasteiger partial charge in [-0.2, -0.15) is 0 Å². The minimum absolute atomic E-state index is 0.0564. The number of fused-ring (bicyclic) bond motifs is 2. The Labute approximate surface area is 282 Å². The van der Waals surface area contributed by atoms with E-state index in [1.54, 1.807) is 40.2 Å². The number of hydrogen-bond acceptors (Lipinski definition) is 8. The second-order valence-electron chi connectivity index (χ2n) is 12.9. The molecule has 0 unspecified atom stereocenters. The van der Waals surface area contributed by atoms with Gasteiger partial charge in [0.2, 0.25) is 0 Å². The van der Waals surface area contributed by atoms with E-state index < -0.39 is 28.7 Å². The lowest BCUT2D eigenvalue weighted by Gasteiger charge is -2.30. The predicted molar refractivity (Wildman–Crippen MR) is 182 cm³/mol. The topological polar surface area (TPSA) is 169 Å². The first-order valence-electron chi connectivity index (χ1n) is 16.7. The number of esters is 2. The molecule has 0 aliphatic heterocycles. The summed E-state index contributed by atoms with van der Waals surface area (Å²) in [6.45, 7) is 5.35. The molecular formula is C37H40N4O8. The third-order valence-electron chi connectivity index (χ3n) is 9.45. The van der Waals surface area contributed by atoms with Crippen LogP contribution in [-0.2, 0) is 29.5 Å². The Bertz CT molecular complexity index is 2230. The van der Waals surface area contributed by atoms with Crippen LogP contribution in [0.4, 0.5) is 0 Å². The van der Waals surface area contributed by atoms with Crippen LogP contribution in [0.1, 0.15) is 102 Å². The maximum absolute atomic E-state index is 13.9. The molecule has 0 amide bonds. The number of aliphatic hydroxyl groups is 2. The van der Waals surface area contributed by atoms with Crippen molar-refractivity contribution in [1.82, 2.24) is 19.1 Å². The van der Waals surface area contributed by atoms with Crippen molar-refractivity contribution in [3.05, 3.63) is 66.7 Å². The standard InChI is InChI=1S/C37H40N4O8/c1-5-48-34(44)26-22(3)38-31-27(26)24(11-18-37(47)15-9-16-37)21-41(33(31)43)19-12-25-29(35(45)49-6-2)28-23(10-17-36(46)13-7-8-14-36)20-40(4)32(42)30(28)39-25/h20-21,38-39,46-47H,5-9,12-16,19H2,1-4H3. The second-order valence-corrected chi connectivity index (χ2v) is 12.9. The van der Waals surface area contributed by atoms with Crippen molar-refractivity contribution in [3.8, 4) is 23.7 Å². The maximum atomic E-state index is 13.9. The number of carbonyl (C=O) groups is 2. The van der Waals surface area contributed by atoms with Crippen LogP contribution in [0, 0.1) is 30.6 Å². The van der Waals surface area contributed by atoms with E-state index in [9.17, 15) is 29.4 Å². The molecule has 49 heavy (non-hydrogen) atoms. The first-order chi connectivity index (χ1) is 23.4. The van der Waals surface area contributed by atoms with Crippen LogP contribution in [0.5, 0.6) is 0 Å². The number of hydrogen-bond donors (Lipinski definition) is 4. The minimum atomic E-state index is -1.14. The summed E-state index contributed by atoms with van der Waals surface area (Å²) in [5, 5.41) is 22.2. The summed E-state index contributed by atoms with van der Waals surface area (Å²) in [4.78, 5) is 59.9. The summed E-state index contributed by atoms with van der Waals surface area (Å²) in [5.41, 5.74) is -0.848. The number of aromatic amines is 2. The van der Waals surface area contributed by atoms with Crippen molar-refractivity contribution >= 4 is 33.7 Å². The molecular weight excluding hydrogens is 628 g/mol. The molecule has 4 N–H and O–H groups in total. The highest BCUT2D eigenvalue weighted by atomic mass is 16.5. The molecule has 2 fully saturated rings. The summed E-state index contributed by atoms with van der Waals surface area (Å²) in [6.07, 6.45) is 7.92. The molecule has 4 aromatic heterocycles. The van der Waals surface area contributed by atoms with Crippen molar-refractivity contribution in [2.75, 3.05) is 13.2 Å². The van der Waals surface area contributed by atoms with Crippen LogP contribution in [0.25, 0.3) is 21.8 Å². The van der Waals surface area contributed by atoms with E-state index in [2.05, 4.69) is 33.6 Å². The first kappa shape index (κ1) is 33.8. The molecule has 0 saturated heterocycles. The lowest BCUT2D eigenvalue weighted by molar-refractivity contribution is 0.0239. The van der Waals surface area contributed by atoms with Crippen LogP contribution < -0.4 is 11.1 Å². The van der Waals surface area contributed by atoms with Gasteiger partial charge in [-0.25, -0.2) is 9.59 Å². The van der Waals surface area contributed by atoms with Gasteiger partial charge in [0.1, 0.15) is 22.2 Å². The molecule has 0 bridgehead atoms. The lowest BCUT2D eigenvalue weighted by atomic mass is 9.81. The highest BCUT2D eigenvalue weighted by molar-refractivity contribution is 6.08. The van der Waals surface area contributed by atoms with Gasteiger partial charge >= 0.3 is 11.9 Å². The van der Waals surface area contributed by atoms with E-state index >= 15 is 0 Å². The number of carbonyl (C=O) groups excluding carboxylic acids is 2. The average Bonchev–Trinajstić information content (AvgIpc) is 3.76. The Morgan fingerprint density at radius 3 is 1.92 bits per heavy atom. The molecule has 4 heterocycles.